The molecule has 2 amide bonds. The zero-order chi connectivity index (χ0) is 10.6. The van der Waals surface area contributed by atoms with Crippen LogP contribution in [0.15, 0.2) is 0 Å². The molecule has 0 bridgehead atoms. The molecule has 0 fully saturated rings. The van der Waals surface area contributed by atoms with Gasteiger partial charge in [-0.2, -0.15) is 8.42 Å². The van der Waals surface area contributed by atoms with Crippen molar-refractivity contribution in [1.29, 1.82) is 0 Å². The van der Waals surface area contributed by atoms with Gasteiger partial charge in [-0.15, -0.1) is 0 Å². The number of nitrogens with two attached hydrogens (primary N) is 1. The van der Waals surface area contributed by atoms with E-state index in [0.29, 0.717) is 0 Å². The molecule has 0 rings (SSSR count). The third-order valence-electron chi connectivity index (χ3n) is 0.917. The highest BCUT2D eigenvalue weighted by Gasteiger charge is 2.25. The smallest absolute Gasteiger partial charge is 0.350 e. The van der Waals surface area contributed by atoms with Gasteiger partial charge in [0.1, 0.15) is 0 Å². The van der Waals surface area contributed by atoms with E-state index in [1.54, 1.807) is 0 Å². The maximum atomic E-state index is 10.5. The Morgan fingerprint density at radius 2 is 2.08 bits per heavy atom. The molecule has 10 heteroatoms. The van der Waals surface area contributed by atoms with Gasteiger partial charge in [-0.1, -0.05) is 5.17 Å². The first-order valence-electron chi connectivity index (χ1n) is 3.09. The van der Waals surface area contributed by atoms with E-state index in [-0.39, 0.29) is 16.2 Å². The minimum absolute atomic E-state index is 0.0556. The van der Waals surface area contributed by atoms with Crippen LogP contribution in [0, 0.1) is 0 Å². The van der Waals surface area contributed by atoms with Crippen molar-refractivity contribution in [3.05, 3.63) is 0 Å². The molecule has 0 aromatic rings. The molecule has 5 N–H and O–H groups in total. The minimum Gasteiger partial charge on any atom is -0.350 e. The van der Waals surface area contributed by atoms with E-state index in [1.807, 2.05) is 0 Å². The summed E-state index contributed by atoms with van der Waals surface area (Å²) < 4.78 is 29.2. The Morgan fingerprint density at radius 3 is 2.31 bits per heavy atom. The van der Waals surface area contributed by atoms with Crippen LogP contribution in [0.25, 0.3) is 0 Å². The number of amides is 2. The van der Waals surface area contributed by atoms with Gasteiger partial charge in [0.25, 0.3) is 0 Å². The highest BCUT2D eigenvalue weighted by Crippen LogP contribution is 1.96. The van der Waals surface area contributed by atoms with Crippen molar-refractivity contribution in [3.63, 3.8) is 0 Å². The van der Waals surface area contributed by atoms with Crippen LogP contribution in [0.1, 0.15) is 6.92 Å². The number of nitrogens with zero attached hydrogens (tertiary/aromatic N) is 2. The van der Waals surface area contributed by atoms with Gasteiger partial charge in [0, 0.05) is 11.1 Å². The van der Waals surface area contributed by atoms with Crippen molar-refractivity contribution in [2.24, 2.45) is 5.73 Å². The van der Waals surface area contributed by atoms with E-state index >= 15 is 0 Å². The first-order chi connectivity index (χ1) is 5.79. The number of hydrogen-bond donors (Lipinski definition) is 4. The van der Waals surface area contributed by atoms with E-state index in [2.05, 4.69) is 5.73 Å². The largest absolute Gasteiger partial charge is 0.369 e. The fourth-order valence-corrected chi connectivity index (χ4v) is 1.02. The number of hydrazine groups is 2. The summed E-state index contributed by atoms with van der Waals surface area (Å²) in [6.07, 6.45) is 0. The lowest BCUT2D eigenvalue weighted by atomic mass is 10.8. The zero-order valence-corrected chi connectivity index (χ0v) is 7.52. The molecule has 0 aliphatic carbocycles. The zero-order valence-electron chi connectivity index (χ0n) is 6.71. The average Bonchev–Trinajstić information content (AvgIpc) is 1.96. The Balaban J connectivity index is 4.66. The molecule has 78 valence electrons. The lowest BCUT2D eigenvalue weighted by Gasteiger charge is -2.23. The third kappa shape index (κ3) is 4.00. The number of hydrogen-bond acceptors (Lipinski definition) is 5. The summed E-state index contributed by atoms with van der Waals surface area (Å²) in [6.45, 7) is 1.20. The molecule has 0 radical (unpaired) electrons. The van der Waals surface area contributed by atoms with Gasteiger partial charge in [0.05, 0.1) is 0 Å². The lowest BCUT2D eigenvalue weighted by molar-refractivity contribution is -0.215. The number of nitrogens with one attached hydrogen (secondary N) is 1. The molecule has 9 nitrogen and oxygen atoms in total. The predicted molar refractivity (Wildman–Crippen MR) is 40.3 cm³/mol. The van der Waals surface area contributed by atoms with Crippen molar-refractivity contribution in [1.82, 2.24) is 15.1 Å². The second kappa shape index (κ2) is 4.34. The molecule has 0 aromatic carbocycles. The summed E-state index contributed by atoms with van der Waals surface area (Å²) in [5.74, 6) is 0. The molecule has 0 aromatic heterocycles. The summed E-state index contributed by atoms with van der Waals surface area (Å²) in [6, 6.07) is -1.25. The first-order valence-corrected chi connectivity index (χ1v) is 4.49. The molecular weight excluding hydrogens is 204 g/mol. The molecular formula is C3H10N4O5S. The monoisotopic (exact) mass is 214 g/mol. The van der Waals surface area contributed by atoms with E-state index in [1.165, 1.54) is 12.3 Å². The van der Waals surface area contributed by atoms with Crippen LogP contribution in [0.2, 0.25) is 0 Å². The molecule has 0 saturated heterocycles. The summed E-state index contributed by atoms with van der Waals surface area (Å²) in [5, 5.41) is 8.91. The highest BCUT2D eigenvalue weighted by molar-refractivity contribution is 7.83. The molecule has 0 aliphatic heterocycles. The second-order valence-corrected chi connectivity index (χ2v) is 3.13. The van der Waals surface area contributed by atoms with E-state index in [9.17, 15) is 13.2 Å². The third-order valence-corrected chi connectivity index (χ3v) is 1.63. The molecule has 13 heavy (non-hydrogen) atoms. The fourth-order valence-electron chi connectivity index (χ4n) is 0.457. The molecule has 0 spiro atoms. The van der Waals surface area contributed by atoms with Crippen LogP contribution in [-0.4, -0.2) is 40.4 Å². The van der Waals surface area contributed by atoms with Gasteiger partial charge in [-0.3, -0.25) is 9.76 Å². The highest BCUT2D eigenvalue weighted by atomic mass is 32.2. The topological polar surface area (TPSA) is 136 Å². The minimum atomic E-state index is -4.77. The molecule has 0 saturated carbocycles. The predicted octanol–water partition coefficient (Wildman–Crippen LogP) is -1.70. The summed E-state index contributed by atoms with van der Waals surface area (Å²) >= 11 is 0. The van der Waals surface area contributed by atoms with Gasteiger partial charge < -0.3 is 5.73 Å². The number of urea groups is 1. The maximum absolute atomic E-state index is 10.5. The Bertz CT molecular complexity index is 276. The Hall–Kier alpha value is -0.940. The van der Waals surface area contributed by atoms with Crippen molar-refractivity contribution >= 4 is 16.3 Å². The van der Waals surface area contributed by atoms with Crippen LogP contribution < -0.4 is 11.2 Å². The van der Waals surface area contributed by atoms with Crippen LogP contribution in [0.3, 0.4) is 0 Å². The van der Waals surface area contributed by atoms with Gasteiger partial charge in [0.15, 0.2) is 0 Å². The Morgan fingerprint density at radius 1 is 1.62 bits per heavy atom. The van der Waals surface area contributed by atoms with Crippen LogP contribution in [0.4, 0.5) is 4.79 Å². The maximum Gasteiger partial charge on any atom is 0.369 e. The lowest BCUT2D eigenvalue weighted by Crippen LogP contribution is -2.55. The van der Waals surface area contributed by atoms with Gasteiger partial charge >= 0.3 is 16.3 Å². The van der Waals surface area contributed by atoms with E-state index < -0.39 is 16.3 Å². The summed E-state index contributed by atoms with van der Waals surface area (Å²) in [5.41, 5.74) is 6.06. The molecule has 0 atom stereocenters. The van der Waals surface area contributed by atoms with Gasteiger partial charge in [0.2, 0.25) is 0 Å². The molecule has 0 aliphatic rings. The van der Waals surface area contributed by atoms with E-state index in [0.717, 1.165) is 0 Å². The van der Waals surface area contributed by atoms with Crippen molar-refractivity contribution in [2.45, 2.75) is 6.92 Å². The second-order valence-electron chi connectivity index (χ2n) is 1.89. The number of primary amides is 1. The number of hydroxylamine groups is 1. The van der Waals surface area contributed by atoms with Gasteiger partial charge in [-0.25, -0.2) is 10.2 Å². The SMILES string of the molecule is CCN(O)N(NC(N)=O)S(=O)(=O)O. The average molecular weight is 214 g/mol. The quantitative estimate of drug-likeness (QED) is 0.325. The summed E-state index contributed by atoms with van der Waals surface area (Å²) in [4.78, 5) is 10.2. The summed E-state index contributed by atoms with van der Waals surface area (Å²) in [7, 11) is -4.77. The normalized spacial score (nSPS) is 12.1. The van der Waals surface area contributed by atoms with Crippen molar-refractivity contribution in [3.8, 4) is 0 Å². The first kappa shape index (κ1) is 12.1. The number of carbonyl (C=O) groups is 1. The fraction of sp³-hybridized carbons (Fsp3) is 0.667. The Kier molecular flexibility index (Phi) is 4.03. The van der Waals surface area contributed by atoms with Crippen molar-refractivity contribution in [2.75, 3.05) is 6.54 Å². The van der Waals surface area contributed by atoms with Crippen LogP contribution in [0.5, 0.6) is 0 Å². The van der Waals surface area contributed by atoms with Crippen molar-refractivity contribution < 1.29 is 23.0 Å². The Labute approximate surface area is 74.5 Å². The molecule has 0 unspecified atom stereocenters. The standard InChI is InChI=1S/C3H10N4O5S/c1-2-6(9)7(5-3(4)8)13(10,11)12/h9H,2H2,1H3,(H3,4,5,8)(H,10,11,12). The van der Waals surface area contributed by atoms with Crippen LogP contribution >= 0.6 is 0 Å². The van der Waals surface area contributed by atoms with E-state index in [4.69, 9.17) is 9.76 Å². The van der Waals surface area contributed by atoms with Gasteiger partial charge in [-0.05, 0) is 6.92 Å². The number of rotatable bonds is 4. The number of carbonyl (C=O) groups excluding carboxylic acids is 1. The molecule has 0 heterocycles. The van der Waals surface area contributed by atoms with Crippen LogP contribution in [-0.2, 0) is 10.3 Å².